The Morgan fingerprint density at radius 2 is 1.94 bits per heavy atom. The predicted octanol–water partition coefficient (Wildman–Crippen LogP) is 5.31. The SMILES string of the molecule is CCCCC(CC(=O)c1cnc(N2CCN(c3cnn(C)c3)CC2)s1)Cc1c[nH]c2ccccc12. The molecule has 184 valence electrons. The second-order valence-electron chi connectivity index (χ2n) is 9.55. The number of unbranched alkanes of at least 4 members (excludes halogenated alkanes) is 1. The van der Waals surface area contributed by atoms with Crippen molar-refractivity contribution >= 4 is 38.8 Å². The average molecular weight is 491 g/mol. The zero-order valence-corrected chi connectivity index (χ0v) is 21.4. The molecule has 1 atom stereocenters. The van der Waals surface area contributed by atoms with Crippen molar-refractivity contribution in [2.45, 2.75) is 39.0 Å². The van der Waals surface area contributed by atoms with Gasteiger partial charge >= 0.3 is 0 Å². The van der Waals surface area contributed by atoms with Crippen LogP contribution in [0, 0.1) is 5.92 Å². The third kappa shape index (κ3) is 5.42. The molecule has 0 spiro atoms. The molecule has 1 aromatic carbocycles. The molecule has 1 aliphatic rings. The first-order chi connectivity index (χ1) is 17.1. The van der Waals surface area contributed by atoms with Gasteiger partial charge < -0.3 is 14.8 Å². The fraction of sp³-hybridized carbons (Fsp3) is 0.444. The molecule has 3 aromatic heterocycles. The van der Waals surface area contributed by atoms with Gasteiger partial charge in [0.15, 0.2) is 10.9 Å². The number of rotatable bonds is 10. The Hall–Kier alpha value is -3.13. The van der Waals surface area contributed by atoms with Gasteiger partial charge in [0.05, 0.1) is 23.0 Å². The highest BCUT2D eigenvalue weighted by Crippen LogP contribution is 2.29. The van der Waals surface area contributed by atoms with Crippen LogP contribution < -0.4 is 9.80 Å². The number of ketones is 1. The number of nitrogens with zero attached hydrogens (tertiary/aromatic N) is 5. The summed E-state index contributed by atoms with van der Waals surface area (Å²) in [5, 5.41) is 6.51. The van der Waals surface area contributed by atoms with Crippen LogP contribution in [0.3, 0.4) is 0 Å². The highest BCUT2D eigenvalue weighted by molar-refractivity contribution is 7.17. The monoisotopic (exact) mass is 490 g/mol. The van der Waals surface area contributed by atoms with E-state index < -0.39 is 0 Å². The molecule has 8 heteroatoms. The first-order valence-electron chi connectivity index (χ1n) is 12.6. The lowest BCUT2D eigenvalue weighted by atomic mass is 9.89. The van der Waals surface area contributed by atoms with Crippen LogP contribution in [0.15, 0.2) is 49.1 Å². The lowest BCUT2D eigenvalue weighted by Crippen LogP contribution is -2.46. The number of thiazole rings is 1. The molecule has 0 bridgehead atoms. The van der Waals surface area contributed by atoms with E-state index in [9.17, 15) is 4.79 Å². The van der Waals surface area contributed by atoms with Crippen LogP contribution in [0.2, 0.25) is 0 Å². The molecular weight excluding hydrogens is 456 g/mol. The van der Waals surface area contributed by atoms with Crippen LogP contribution in [0.5, 0.6) is 0 Å². The van der Waals surface area contributed by atoms with Gasteiger partial charge in [0.1, 0.15) is 0 Å². The summed E-state index contributed by atoms with van der Waals surface area (Å²) in [5.41, 5.74) is 3.64. The Labute approximate surface area is 210 Å². The van der Waals surface area contributed by atoms with Gasteiger partial charge in [-0.3, -0.25) is 9.48 Å². The van der Waals surface area contributed by atoms with Gasteiger partial charge in [0, 0.05) is 62.9 Å². The van der Waals surface area contributed by atoms with Crippen LogP contribution in [0.1, 0.15) is 47.8 Å². The maximum absolute atomic E-state index is 13.3. The average Bonchev–Trinajstić information content (AvgIpc) is 3.63. The number of fused-ring (bicyclic) bond motifs is 1. The molecule has 0 amide bonds. The molecule has 5 rings (SSSR count). The number of anilines is 2. The zero-order valence-electron chi connectivity index (χ0n) is 20.6. The molecule has 35 heavy (non-hydrogen) atoms. The van der Waals surface area contributed by atoms with Crippen molar-refractivity contribution in [1.29, 1.82) is 0 Å². The van der Waals surface area contributed by atoms with E-state index in [1.165, 1.54) is 16.5 Å². The first kappa shape index (κ1) is 23.6. The van der Waals surface area contributed by atoms with Crippen LogP contribution in [-0.4, -0.2) is 51.7 Å². The van der Waals surface area contributed by atoms with Crippen molar-refractivity contribution in [2.24, 2.45) is 13.0 Å². The minimum absolute atomic E-state index is 0.226. The summed E-state index contributed by atoms with van der Waals surface area (Å²) >= 11 is 1.55. The Balaban J connectivity index is 1.21. The Morgan fingerprint density at radius 1 is 1.14 bits per heavy atom. The molecule has 1 saturated heterocycles. The molecule has 7 nitrogen and oxygen atoms in total. The zero-order chi connectivity index (χ0) is 24.2. The quantitative estimate of drug-likeness (QED) is 0.305. The third-order valence-corrected chi connectivity index (χ3v) is 8.10. The number of hydrogen-bond acceptors (Lipinski definition) is 6. The smallest absolute Gasteiger partial charge is 0.186 e. The molecule has 0 saturated carbocycles. The van der Waals surface area contributed by atoms with Gasteiger partial charge in [-0.05, 0) is 30.4 Å². The van der Waals surface area contributed by atoms with E-state index in [1.807, 2.05) is 17.9 Å². The number of carbonyl (C=O) groups excluding carboxylic acids is 1. The van der Waals surface area contributed by atoms with Gasteiger partial charge in [-0.15, -0.1) is 0 Å². The van der Waals surface area contributed by atoms with Crippen molar-refractivity contribution in [3.05, 3.63) is 59.5 Å². The molecule has 1 aliphatic heterocycles. The van der Waals surface area contributed by atoms with E-state index in [4.69, 9.17) is 0 Å². The number of aryl methyl sites for hydroxylation is 1. The van der Waals surface area contributed by atoms with Crippen LogP contribution in [0.25, 0.3) is 10.9 Å². The number of carbonyl (C=O) groups is 1. The molecule has 1 N–H and O–H groups in total. The number of H-pyrrole nitrogens is 1. The lowest BCUT2D eigenvalue weighted by molar-refractivity contribution is 0.0962. The van der Waals surface area contributed by atoms with E-state index in [-0.39, 0.29) is 5.78 Å². The predicted molar refractivity (Wildman–Crippen MR) is 144 cm³/mol. The number of hydrogen-bond donors (Lipinski definition) is 1. The molecule has 1 fully saturated rings. The number of aromatic amines is 1. The third-order valence-electron chi connectivity index (χ3n) is 7.00. The Morgan fingerprint density at radius 3 is 2.71 bits per heavy atom. The second-order valence-corrected chi connectivity index (χ2v) is 10.6. The summed E-state index contributed by atoms with van der Waals surface area (Å²) in [4.78, 5) is 26.7. The normalized spacial score (nSPS) is 15.1. The van der Waals surface area contributed by atoms with E-state index >= 15 is 0 Å². The summed E-state index contributed by atoms with van der Waals surface area (Å²) in [5.74, 6) is 0.568. The summed E-state index contributed by atoms with van der Waals surface area (Å²) < 4.78 is 1.84. The molecule has 1 unspecified atom stereocenters. The number of piperazine rings is 1. The Kier molecular flexibility index (Phi) is 7.18. The van der Waals surface area contributed by atoms with Gasteiger partial charge in [-0.1, -0.05) is 49.3 Å². The fourth-order valence-corrected chi connectivity index (χ4v) is 5.93. The van der Waals surface area contributed by atoms with Crippen molar-refractivity contribution in [3.8, 4) is 0 Å². The van der Waals surface area contributed by atoms with E-state index in [0.717, 1.165) is 67.6 Å². The van der Waals surface area contributed by atoms with Gasteiger partial charge in [0.2, 0.25) is 0 Å². The van der Waals surface area contributed by atoms with Crippen LogP contribution >= 0.6 is 11.3 Å². The number of nitrogens with one attached hydrogen (secondary N) is 1. The van der Waals surface area contributed by atoms with Crippen LogP contribution in [0.4, 0.5) is 10.8 Å². The topological polar surface area (TPSA) is 70.1 Å². The van der Waals surface area contributed by atoms with Crippen LogP contribution in [-0.2, 0) is 13.5 Å². The Bertz CT molecular complexity index is 1270. The van der Waals surface area contributed by atoms with E-state index in [0.29, 0.717) is 12.3 Å². The van der Waals surface area contributed by atoms with E-state index in [2.05, 4.69) is 68.4 Å². The van der Waals surface area contributed by atoms with Gasteiger partial charge in [0.25, 0.3) is 0 Å². The summed E-state index contributed by atoms with van der Waals surface area (Å²) in [6, 6.07) is 8.42. The first-order valence-corrected chi connectivity index (χ1v) is 13.4. The van der Waals surface area contributed by atoms with Gasteiger partial charge in [-0.2, -0.15) is 5.10 Å². The highest BCUT2D eigenvalue weighted by atomic mass is 32.1. The molecule has 4 heterocycles. The van der Waals surface area contributed by atoms with Crippen molar-refractivity contribution in [3.63, 3.8) is 0 Å². The number of aromatic nitrogens is 4. The summed E-state index contributed by atoms with van der Waals surface area (Å²) in [7, 11) is 1.95. The van der Waals surface area contributed by atoms with Crippen molar-refractivity contribution in [1.82, 2.24) is 19.7 Å². The van der Waals surface area contributed by atoms with Gasteiger partial charge in [-0.25, -0.2) is 4.98 Å². The lowest BCUT2D eigenvalue weighted by Gasteiger charge is -2.35. The van der Waals surface area contributed by atoms with Crippen molar-refractivity contribution < 1.29 is 4.79 Å². The second kappa shape index (κ2) is 10.6. The number of benzene rings is 1. The summed E-state index contributed by atoms with van der Waals surface area (Å²) in [6.45, 7) is 5.87. The molecular formula is C27H34N6OS. The standard InChI is InChI=1S/C27H34N6OS/c1-3-4-7-20(14-21-16-28-24-9-6-5-8-23(21)24)15-25(34)26-18-29-27(35-26)33-12-10-32(11-13-33)22-17-30-31(2)19-22/h5-6,8-9,16-20,28H,3-4,7,10-15H2,1-2H3. The highest BCUT2D eigenvalue weighted by Gasteiger charge is 2.23. The number of Topliss-reactive ketones (excluding diaryl/α,β-unsaturated/α-hetero) is 1. The minimum atomic E-state index is 0.226. The summed E-state index contributed by atoms with van der Waals surface area (Å²) in [6.07, 6.45) is 12.8. The molecule has 0 aliphatic carbocycles. The van der Waals surface area contributed by atoms with Crippen molar-refractivity contribution in [2.75, 3.05) is 36.0 Å². The van der Waals surface area contributed by atoms with E-state index in [1.54, 1.807) is 17.5 Å². The molecule has 0 radical (unpaired) electrons. The largest absolute Gasteiger partial charge is 0.365 e. The minimum Gasteiger partial charge on any atom is -0.365 e. The number of para-hydroxylation sites is 1. The fourth-order valence-electron chi connectivity index (χ4n) is 5.01. The molecule has 4 aromatic rings. The maximum Gasteiger partial charge on any atom is 0.186 e. The maximum atomic E-state index is 13.3.